The number of nitrogens with one attached hydrogen (secondary N) is 1. The van der Waals surface area contributed by atoms with E-state index in [4.69, 9.17) is 0 Å². The van der Waals surface area contributed by atoms with Crippen molar-refractivity contribution in [3.8, 4) is 5.75 Å². The predicted octanol–water partition coefficient (Wildman–Crippen LogP) is 2.98. The number of aromatic hydroxyl groups is 1. The molecule has 19 heavy (non-hydrogen) atoms. The fourth-order valence-corrected chi connectivity index (χ4v) is 2.47. The molecule has 2 aromatic rings. The second kappa shape index (κ2) is 4.43. The van der Waals surface area contributed by atoms with E-state index >= 15 is 0 Å². The lowest BCUT2D eigenvalue weighted by Gasteiger charge is -2.29. The standard InChI is InChI=1S/C16H15NO2/c1-10-14(7-4-8-15(10)18)17-16(19)13-9-11-5-2-3-6-12(11)13/h2-8,13,18H,9H2,1H3,(H,17,19). The molecule has 3 heteroatoms. The van der Waals surface area contributed by atoms with E-state index in [1.165, 1.54) is 5.56 Å². The molecule has 1 aliphatic carbocycles. The summed E-state index contributed by atoms with van der Waals surface area (Å²) in [4.78, 5) is 12.2. The number of anilines is 1. The summed E-state index contributed by atoms with van der Waals surface area (Å²) in [5.74, 6) is 0.122. The van der Waals surface area contributed by atoms with Crippen molar-refractivity contribution >= 4 is 11.6 Å². The molecule has 0 aromatic heterocycles. The summed E-state index contributed by atoms with van der Waals surface area (Å²) in [6.45, 7) is 1.79. The molecular weight excluding hydrogens is 238 g/mol. The lowest BCUT2D eigenvalue weighted by atomic mass is 9.77. The Morgan fingerprint density at radius 1 is 1.21 bits per heavy atom. The Morgan fingerprint density at radius 3 is 2.79 bits per heavy atom. The topological polar surface area (TPSA) is 49.3 Å². The van der Waals surface area contributed by atoms with E-state index < -0.39 is 0 Å². The van der Waals surface area contributed by atoms with Gasteiger partial charge in [0.25, 0.3) is 0 Å². The third-order valence-electron chi connectivity index (χ3n) is 3.73. The molecular formula is C16H15NO2. The van der Waals surface area contributed by atoms with E-state index in [9.17, 15) is 9.90 Å². The number of hydrogen-bond donors (Lipinski definition) is 2. The van der Waals surface area contributed by atoms with Gasteiger partial charge in [0.15, 0.2) is 0 Å². The van der Waals surface area contributed by atoms with Gasteiger partial charge in [-0.3, -0.25) is 4.79 Å². The van der Waals surface area contributed by atoms with Gasteiger partial charge in [0.1, 0.15) is 5.75 Å². The highest BCUT2D eigenvalue weighted by Crippen LogP contribution is 2.36. The van der Waals surface area contributed by atoms with E-state index in [2.05, 4.69) is 11.4 Å². The Kier molecular flexibility index (Phi) is 2.75. The van der Waals surface area contributed by atoms with Gasteiger partial charge in [-0.05, 0) is 36.6 Å². The lowest BCUT2D eigenvalue weighted by molar-refractivity contribution is -0.118. The van der Waals surface area contributed by atoms with Gasteiger partial charge in [0, 0.05) is 11.3 Å². The minimum Gasteiger partial charge on any atom is -0.508 e. The zero-order valence-electron chi connectivity index (χ0n) is 10.7. The molecule has 1 aliphatic rings. The molecule has 0 aliphatic heterocycles. The van der Waals surface area contributed by atoms with Crippen LogP contribution in [0.4, 0.5) is 5.69 Å². The van der Waals surface area contributed by atoms with E-state index in [-0.39, 0.29) is 17.6 Å². The first kappa shape index (κ1) is 11.8. The lowest BCUT2D eigenvalue weighted by Crippen LogP contribution is -2.30. The fourth-order valence-electron chi connectivity index (χ4n) is 2.47. The maximum absolute atomic E-state index is 12.2. The zero-order valence-corrected chi connectivity index (χ0v) is 10.7. The number of carbonyl (C=O) groups excluding carboxylic acids is 1. The molecule has 3 nitrogen and oxygen atoms in total. The Bertz CT molecular complexity index is 649. The first-order valence-electron chi connectivity index (χ1n) is 6.34. The van der Waals surface area contributed by atoms with Crippen molar-refractivity contribution in [3.05, 3.63) is 59.2 Å². The van der Waals surface area contributed by atoms with E-state index in [1.807, 2.05) is 18.2 Å². The van der Waals surface area contributed by atoms with Crippen molar-refractivity contribution in [1.29, 1.82) is 0 Å². The molecule has 96 valence electrons. The number of phenolic OH excluding ortho intramolecular Hbond substituents is 1. The number of phenols is 1. The average Bonchev–Trinajstić information content (AvgIpc) is 2.36. The normalized spacial score (nSPS) is 16.4. The summed E-state index contributed by atoms with van der Waals surface area (Å²) in [6, 6.07) is 13.1. The van der Waals surface area contributed by atoms with Crippen LogP contribution in [0.3, 0.4) is 0 Å². The van der Waals surface area contributed by atoms with Crippen LogP contribution < -0.4 is 5.32 Å². The molecule has 0 spiro atoms. The number of carbonyl (C=O) groups is 1. The van der Waals surface area contributed by atoms with Crippen molar-refractivity contribution in [3.63, 3.8) is 0 Å². The Labute approximate surface area is 111 Å². The first-order valence-corrected chi connectivity index (χ1v) is 6.34. The Hall–Kier alpha value is -2.29. The number of hydrogen-bond acceptors (Lipinski definition) is 2. The van der Waals surface area contributed by atoms with Crippen LogP contribution in [-0.4, -0.2) is 11.0 Å². The average molecular weight is 253 g/mol. The highest BCUT2D eigenvalue weighted by molar-refractivity contribution is 5.98. The molecule has 1 amide bonds. The fraction of sp³-hybridized carbons (Fsp3) is 0.188. The van der Waals surface area contributed by atoms with Crippen molar-refractivity contribution in [2.75, 3.05) is 5.32 Å². The minimum absolute atomic E-state index is 0.00704. The molecule has 1 unspecified atom stereocenters. The number of amides is 1. The zero-order chi connectivity index (χ0) is 13.4. The van der Waals surface area contributed by atoms with Crippen molar-refractivity contribution in [2.24, 2.45) is 0 Å². The van der Waals surface area contributed by atoms with Gasteiger partial charge < -0.3 is 10.4 Å². The molecule has 0 fully saturated rings. The summed E-state index contributed by atoms with van der Waals surface area (Å²) in [7, 11) is 0. The van der Waals surface area contributed by atoms with Crippen LogP contribution in [0, 0.1) is 6.92 Å². The van der Waals surface area contributed by atoms with Crippen LogP contribution in [0.25, 0.3) is 0 Å². The Morgan fingerprint density at radius 2 is 2.00 bits per heavy atom. The van der Waals surface area contributed by atoms with Crippen LogP contribution in [0.1, 0.15) is 22.6 Å². The maximum atomic E-state index is 12.2. The number of rotatable bonds is 2. The highest BCUT2D eigenvalue weighted by Gasteiger charge is 2.31. The van der Waals surface area contributed by atoms with Crippen molar-refractivity contribution < 1.29 is 9.90 Å². The predicted molar refractivity (Wildman–Crippen MR) is 74.4 cm³/mol. The molecule has 1 atom stereocenters. The van der Waals surface area contributed by atoms with Gasteiger partial charge in [-0.2, -0.15) is 0 Å². The van der Waals surface area contributed by atoms with Gasteiger partial charge >= 0.3 is 0 Å². The SMILES string of the molecule is Cc1c(O)cccc1NC(=O)C1Cc2ccccc21. The second-order valence-corrected chi connectivity index (χ2v) is 4.89. The van der Waals surface area contributed by atoms with E-state index in [0.717, 1.165) is 12.0 Å². The molecule has 0 saturated carbocycles. The maximum Gasteiger partial charge on any atom is 0.232 e. The Balaban J connectivity index is 1.79. The number of benzene rings is 2. The summed E-state index contributed by atoms with van der Waals surface area (Å²) in [5.41, 5.74) is 3.73. The van der Waals surface area contributed by atoms with Gasteiger partial charge in [0.05, 0.1) is 5.92 Å². The molecule has 3 rings (SSSR count). The van der Waals surface area contributed by atoms with Crippen LogP contribution in [0.5, 0.6) is 5.75 Å². The smallest absolute Gasteiger partial charge is 0.232 e. The summed E-state index contributed by atoms with van der Waals surface area (Å²) < 4.78 is 0. The summed E-state index contributed by atoms with van der Waals surface area (Å²) in [6.07, 6.45) is 0.792. The molecule has 0 radical (unpaired) electrons. The van der Waals surface area contributed by atoms with Crippen molar-refractivity contribution in [1.82, 2.24) is 0 Å². The monoisotopic (exact) mass is 253 g/mol. The van der Waals surface area contributed by atoms with Crippen LogP contribution in [0.15, 0.2) is 42.5 Å². The third-order valence-corrected chi connectivity index (χ3v) is 3.73. The summed E-state index contributed by atoms with van der Waals surface area (Å²) >= 11 is 0. The first-order chi connectivity index (χ1) is 9.16. The molecule has 0 heterocycles. The molecule has 2 aromatic carbocycles. The number of fused-ring (bicyclic) bond motifs is 1. The van der Waals surface area contributed by atoms with Crippen LogP contribution in [0.2, 0.25) is 0 Å². The van der Waals surface area contributed by atoms with Gasteiger partial charge in [-0.1, -0.05) is 30.3 Å². The van der Waals surface area contributed by atoms with Gasteiger partial charge in [-0.25, -0.2) is 0 Å². The van der Waals surface area contributed by atoms with Crippen molar-refractivity contribution in [2.45, 2.75) is 19.3 Å². The van der Waals surface area contributed by atoms with Gasteiger partial charge in [-0.15, -0.1) is 0 Å². The minimum atomic E-state index is -0.0713. The second-order valence-electron chi connectivity index (χ2n) is 4.89. The van der Waals surface area contributed by atoms with E-state index in [0.29, 0.717) is 11.3 Å². The third kappa shape index (κ3) is 1.97. The van der Waals surface area contributed by atoms with E-state index in [1.54, 1.807) is 25.1 Å². The van der Waals surface area contributed by atoms with Crippen LogP contribution >= 0.6 is 0 Å². The molecule has 0 saturated heterocycles. The highest BCUT2D eigenvalue weighted by atomic mass is 16.3. The molecule has 2 N–H and O–H groups in total. The van der Waals surface area contributed by atoms with Crippen LogP contribution in [-0.2, 0) is 11.2 Å². The van der Waals surface area contributed by atoms with Gasteiger partial charge in [0.2, 0.25) is 5.91 Å². The largest absolute Gasteiger partial charge is 0.508 e. The quantitative estimate of drug-likeness (QED) is 0.864. The summed E-state index contributed by atoms with van der Waals surface area (Å²) in [5, 5.41) is 12.5. The molecule has 0 bridgehead atoms.